The fourth-order valence-electron chi connectivity index (χ4n) is 5.99. The molecule has 2 amide bonds. The standard InChI is InChI=1S/C28H50N2O24S/c1-8(34)29-10(3-31)24(53-27-22(43)20(41)17(38)12(4-32)50-27)16(37)11(36)6-48-26-15(30-9(2)35)19(40)25(13(5-33)51-26)54-28-23(44)21(42)18(39)14(52-28)7-49-55(45,46)47/h10-28,31-33,36-44H,3-7H2,1-2H3,(H,29,34)(H,30,35)(H,45,46,47)/t10-,11+,12+,13+,14+,15+,16-,17-,18-,19+,20-,21-,22+,23+,24+,25+,26+,27-,28-/m0/s1. The summed E-state index contributed by atoms with van der Waals surface area (Å²) in [6.45, 7) is -2.78. The summed E-state index contributed by atoms with van der Waals surface area (Å²) in [7, 11) is -5.05. The lowest BCUT2D eigenvalue weighted by Gasteiger charge is -2.47. The van der Waals surface area contributed by atoms with Gasteiger partial charge in [-0.3, -0.25) is 14.1 Å². The zero-order valence-electron chi connectivity index (χ0n) is 29.2. The lowest BCUT2D eigenvalue weighted by atomic mass is 9.95. The Balaban J connectivity index is 1.80. The van der Waals surface area contributed by atoms with Gasteiger partial charge in [-0.15, -0.1) is 0 Å². The average Bonchev–Trinajstić information content (AvgIpc) is 3.12. The van der Waals surface area contributed by atoms with Gasteiger partial charge in [0.15, 0.2) is 18.9 Å². The molecule has 322 valence electrons. The first-order chi connectivity index (χ1) is 25.6. The largest absolute Gasteiger partial charge is 0.397 e. The summed E-state index contributed by atoms with van der Waals surface area (Å²) in [6.07, 6.45) is -32.3. The molecule has 0 radical (unpaired) electrons. The Morgan fingerprint density at radius 1 is 0.727 bits per heavy atom. The van der Waals surface area contributed by atoms with Crippen molar-refractivity contribution in [3.05, 3.63) is 0 Å². The number of carbonyl (C=O) groups excluding carboxylic acids is 2. The summed E-state index contributed by atoms with van der Waals surface area (Å²) in [5.74, 6) is -1.56. The highest BCUT2D eigenvalue weighted by Crippen LogP contribution is 2.31. The Labute approximate surface area is 312 Å². The molecular formula is C28H50N2O24S. The maximum atomic E-state index is 12.1. The molecule has 55 heavy (non-hydrogen) atoms. The molecule has 3 saturated heterocycles. The molecule has 19 atom stereocenters. The topological polar surface area (TPSA) is 420 Å². The molecule has 3 aliphatic heterocycles. The minimum Gasteiger partial charge on any atom is -0.394 e. The van der Waals surface area contributed by atoms with Crippen molar-refractivity contribution < 1.29 is 116 Å². The van der Waals surface area contributed by atoms with Crippen LogP contribution >= 0.6 is 0 Å². The highest BCUT2D eigenvalue weighted by Gasteiger charge is 2.52. The number of nitrogens with one attached hydrogen (secondary N) is 2. The highest BCUT2D eigenvalue weighted by molar-refractivity contribution is 7.80. The van der Waals surface area contributed by atoms with Crippen molar-refractivity contribution in [1.29, 1.82) is 0 Å². The van der Waals surface area contributed by atoms with Crippen molar-refractivity contribution in [2.24, 2.45) is 0 Å². The van der Waals surface area contributed by atoms with Crippen LogP contribution in [0.25, 0.3) is 0 Å². The zero-order chi connectivity index (χ0) is 41.5. The smallest absolute Gasteiger partial charge is 0.394 e. The van der Waals surface area contributed by atoms with Crippen molar-refractivity contribution in [3.63, 3.8) is 0 Å². The average molecular weight is 831 g/mol. The van der Waals surface area contributed by atoms with Gasteiger partial charge in [-0.25, -0.2) is 4.18 Å². The van der Waals surface area contributed by atoms with Crippen LogP contribution in [-0.4, -0.2) is 236 Å². The van der Waals surface area contributed by atoms with Crippen LogP contribution in [-0.2, 0) is 52.6 Å². The molecule has 0 unspecified atom stereocenters. The second-order valence-electron chi connectivity index (χ2n) is 12.9. The van der Waals surface area contributed by atoms with Gasteiger partial charge in [0.25, 0.3) is 0 Å². The molecule has 0 bridgehead atoms. The second kappa shape index (κ2) is 20.7. The van der Waals surface area contributed by atoms with E-state index in [1.165, 1.54) is 0 Å². The lowest BCUT2D eigenvalue weighted by molar-refractivity contribution is -0.349. The molecular weight excluding hydrogens is 780 g/mol. The van der Waals surface area contributed by atoms with Crippen LogP contribution in [0, 0.1) is 0 Å². The van der Waals surface area contributed by atoms with E-state index >= 15 is 0 Å². The van der Waals surface area contributed by atoms with Crippen molar-refractivity contribution >= 4 is 22.2 Å². The first kappa shape index (κ1) is 47.5. The third-order valence-corrected chi connectivity index (χ3v) is 9.28. The van der Waals surface area contributed by atoms with Crippen LogP contribution in [0.15, 0.2) is 0 Å². The van der Waals surface area contributed by atoms with Crippen LogP contribution in [0.4, 0.5) is 0 Å². The first-order valence-corrected chi connectivity index (χ1v) is 18.0. The molecule has 0 saturated carbocycles. The van der Waals surface area contributed by atoms with E-state index < -0.39 is 172 Å². The maximum absolute atomic E-state index is 12.1. The third-order valence-electron chi connectivity index (χ3n) is 8.85. The monoisotopic (exact) mass is 830 g/mol. The van der Waals surface area contributed by atoms with Gasteiger partial charge in [0.1, 0.15) is 91.5 Å². The van der Waals surface area contributed by atoms with Gasteiger partial charge < -0.3 is 100 Å². The molecule has 0 aliphatic carbocycles. The Morgan fingerprint density at radius 2 is 1.27 bits per heavy atom. The number of ether oxygens (including phenoxy) is 6. The Morgan fingerprint density at radius 3 is 1.80 bits per heavy atom. The Hall–Kier alpha value is -1.91. The van der Waals surface area contributed by atoms with E-state index in [0.717, 1.165) is 13.8 Å². The fourth-order valence-corrected chi connectivity index (χ4v) is 6.30. The molecule has 3 rings (SSSR count). The predicted octanol–water partition coefficient (Wildman–Crippen LogP) is -10.00. The van der Waals surface area contributed by atoms with Crippen molar-refractivity contribution in [2.75, 3.05) is 33.0 Å². The molecule has 0 spiro atoms. The van der Waals surface area contributed by atoms with Crippen LogP contribution in [0.3, 0.4) is 0 Å². The van der Waals surface area contributed by atoms with Gasteiger partial charge in [0.05, 0.1) is 39.1 Å². The van der Waals surface area contributed by atoms with E-state index in [1.807, 2.05) is 0 Å². The van der Waals surface area contributed by atoms with Gasteiger partial charge in [-0.05, 0) is 0 Å². The van der Waals surface area contributed by atoms with Crippen LogP contribution in [0.5, 0.6) is 0 Å². The lowest BCUT2D eigenvalue weighted by Crippen LogP contribution is -2.68. The summed E-state index contributed by atoms with van der Waals surface area (Å²) >= 11 is 0. The minimum atomic E-state index is -5.05. The molecule has 0 aromatic heterocycles. The number of hydrogen-bond acceptors (Lipinski definition) is 23. The van der Waals surface area contributed by atoms with E-state index in [4.69, 9.17) is 33.0 Å². The third kappa shape index (κ3) is 12.3. The van der Waals surface area contributed by atoms with Crippen molar-refractivity contribution in [1.82, 2.24) is 10.6 Å². The van der Waals surface area contributed by atoms with Crippen LogP contribution < -0.4 is 10.6 Å². The quantitative estimate of drug-likeness (QED) is 0.0570. The normalized spacial score (nSPS) is 39.4. The molecule has 3 fully saturated rings. The summed E-state index contributed by atoms with van der Waals surface area (Å²) in [4.78, 5) is 24.0. The zero-order valence-corrected chi connectivity index (χ0v) is 30.0. The minimum absolute atomic E-state index is 0.757. The molecule has 27 heteroatoms. The van der Waals surface area contributed by atoms with Gasteiger partial charge in [-0.1, -0.05) is 0 Å². The number of aliphatic hydroxyl groups is 12. The molecule has 0 aromatic rings. The molecule has 3 aliphatic rings. The van der Waals surface area contributed by atoms with Crippen molar-refractivity contribution in [3.8, 4) is 0 Å². The number of hydrogen-bond donors (Lipinski definition) is 15. The predicted molar refractivity (Wildman–Crippen MR) is 170 cm³/mol. The molecule has 0 aromatic carbocycles. The summed E-state index contributed by atoms with van der Waals surface area (Å²) in [6, 6.07) is -3.18. The Kier molecular flexibility index (Phi) is 17.8. The second-order valence-corrected chi connectivity index (χ2v) is 14.0. The summed E-state index contributed by atoms with van der Waals surface area (Å²) < 4.78 is 68.0. The van der Waals surface area contributed by atoms with Crippen LogP contribution in [0.2, 0.25) is 0 Å². The summed E-state index contributed by atoms with van der Waals surface area (Å²) in [5, 5.41) is 129. The number of amides is 2. The van der Waals surface area contributed by atoms with E-state index in [9.17, 15) is 79.3 Å². The van der Waals surface area contributed by atoms with Gasteiger partial charge in [0.2, 0.25) is 11.8 Å². The Bertz CT molecular complexity index is 1330. The number of carbonyl (C=O) groups is 2. The first-order valence-electron chi connectivity index (χ1n) is 16.7. The van der Waals surface area contributed by atoms with E-state index in [0.29, 0.717) is 0 Å². The van der Waals surface area contributed by atoms with Gasteiger partial charge in [0, 0.05) is 13.8 Å². The van der Waals surface area contributed by atoms with E-state index in [2.05, 4.69) is 14.8 Å². The van der Waals surface area contributed by atoms with Crippen molar-refractivity contribution in [2.45, 2.75) is 130 Å². The molecule has 15 N–H and O–H groups in total. The fraction of sp³-hybridized carbons (Fsp3) is 0.929. The maximum Gasteiger partial charge on any atom is 0.397 e. The van der Waals surface area contributed by atoms with Crippen LogP contribution in [0.1, 0.15) is 13.8 Å². The van der Waals surface area contributed by atoms with E-state index in [1.54, 1.807) is 0 Å². The van der Waals surface area contributed by atoms with Gasteiger partial charge in [-0.2, -0.15) is 8.42 Å². The van der Waals surface area contributed by atoms with E-state index in [-0.39, 0.29) is 0 Å². The van der Waals surface area contributed by atoms with Gasteiger partial charge >= 0.3 is 10.4 Å². The molecule has 3 heterocycles. The number of rotatable bonds is 18. The summed E-state index contributed by atoms with van der Waals surface area (Å²) in [5.41, 5.74) is 0. The number of aliphatic hydroxyl groups excluding tert-OH is 12. The SMILES string of the molecule is CC(=O)N[C@H]1[C@H](OC[C@@H](O)[C@H](O)[C@H](O[C@@H]2O[C@H](CO)[C@H](O)[C@H](O)[C@H]2O)[C@H](CO)NC(C)=O)O[C@H](CO)[C@@H](O[C@@H]2O[C@H](COS(=O)(=O)O)[C@H](O)[C@H](O)[C@H]2O)[C@@H]1O. The highest BCUT2D eigenvalue weighted by atomic mass is 32.3. The molecule has 26 nitrogen and oxygen atoms in total.